The molecule has 0 unspecified atom stereocenters. The lowest BCUT2D eigenvalue weighted by atomic mass is 10.2. The van der Waals surface area contributed by atoms with Crippen molar-refractivity contribution < 1.29 is 22.3 Å². The second-order valence-corrected chi connectivity index (χ2v) is 9.46. The summed E-state index contributed by atoms with van der Waals surface area (Å²) in [5, 5.41) is 0. The highest BCUT2D eigenvalue weighted by Gasteiger charge is 2.23. The number of hydrogen-bond acceptors (Lipinski definition) is 6. The van der Waals surface area contributed by atoms with Crippen LogP contribution in [0.15, 0.2) is 47.4 Å². The van der Waals surface area contributed by atoms with Crippen molar-refractivity contribution in [2.45, 2.75) is 17.7 Å². The van der Waals surface area contributed by atoms with E-state index in [1.165, 1.54) is 18.2 Å². The van der Waals surface area contributed by atoms with Gasteiger partial charge in [0.15, 0.2) is 11.5 Å². The molecule has 2 aliphatic heterocycles. The van der Waals surface area contributed by atoms with Gasteiger partial charge in [-0.15, -0.1) is 0 Å². The SMILES string of the molecule is O=S(=O)(NCCCCN1CCN(c2cccc3c2OCCO3)CC1)c1cccc(F)c1. The Morgan fingerprint density at radius 3 is 2.55 bits per heavy atom. The first-order valence-corrected chi connectivity index (χ1v) is 12.1. The normalized spacial score (nSPS) is 17.0. The van der Waals surface area contributed by atoms with Crippen molar-refractivity contribution in [3.8, 4) is 11.5 Å². The molecule has 2 heterocycles. The van der Waals surface area contributed by atoms with Crippen LogP contribution >= 0.6 is 0 Å². The highest BCUT2D eigenvalue weighted by atomic mass is 32.2. The standard InChI is InChI=1S/C22H28FN3O4S/c23-18-5-3-6-19(17-18)31(27,28)24-9-1-2-10-25-11-13-26(14-12-25)20-7-4-8-21-22(20)30-16-15-29-21/h3-8,17,24H,1-2,9-16H2. The lowest BCUT2D eigenvalue weighted by Crippen LogP contribution is -2.46. The average molecular weight is 450 g/mol. The molecule has 0 spiro atoms. The highest BCUT2D eigenvalue weighted by molar-refractivity contribution is 7.89. The minimum Gasteiger partial charge on any atom is -0.486 e. The molecular formula is C22H28FN3O4S. The zero-order valence-corrected chi connectivity index (χ0v) is 18.2. The van der Waals surface area contributed by atoms with Crippen molar-refractivity contribution in [1.82, 2.24) is 9.62 Å². The van der Waals surface area contributed by atoms with Gasteiger partial charge in [0.2, 0.25) is 10.0 Å². The van der Waals surface area contributed by atoms with Gasteiger partial charge in [0, 0.05) is 32.7 Å². The Kier molecular flexibility index (Phi) is 6.94. The van der Waals surface area contributed by atoms with Crippen molar-refractivity contribution in [2.24, 2.45) is 0 Å². The van der Waals surface area contributed by atoms with Crippen LogP contribution in [0.1, 0.15) is 12.8 Å². The zero-order chi connectivity index (χ0) is 21.7. The van der Waals surface area contributed by atoms with Gasteiger partial charge in [0.05, 0.1) is 10.6 Å². The molecule has 0 saturated carbocycles. The number of nitrogens with zero attached hydrogens (tertiary/aromatic N) is 2. The molecule has 1 N–H and O–H groups in total. The fraction of sp³-hybridized carbons (Fsp3) is 0.455. The summed E-state index contributed by atoms with van der Waals surface area (Å²) < 4.78 is 51.7. The van der Waals surface area contributed by atoms with Crippen molar-refractivity contribution in [3.05, 3.63) is 48.3 Å². The molecule has 2 aromatic carbocycles. The summed E-state index contributed by atoms with van der Waals surface area (Å²) in [4.78, 5) is 4.68. The minimum atomic E-state index is -3.67. The van der Waals surface area contributed by atoms with E-state index in [1.807, 2.05) is 12.1 Å². The van der Waals surface area contributed by atoms with Crippen LogP contribution in [0.4, 0.5) is 10.1 Å². The predicted molar refractivity (Wildman–Crippen MR) is 117 cm³/mol. The quantitative estimate of drug-likeness (QED) is 0.625. The van der Waals surface area contributed by atoms with E-state index in [0.717, 1.165) is 68.8 Å². The third-order valence-electron chi connectivity index (χ3n) is 5.56. The zero-order valence-electron chi connectivity index (χ0n) is 17.4. The Hall–Kier alpha value is -2.36. The number of fused-ring (bicyclic) bond motifs is 1. The third-order valence-corrected chi connectivity index (χ3v) is 7.02. The van der Waals surface area contributed by atoms with E-state index in [9.17, 15) is 12.8 Å². The molecule has 7 nitrogen and oxygen atoms in total. The molecule has 9 heteroatoms. The van der Waals surface area contributed by atoms with Gasteiger partial charge in [0.25, 0.3) is 0 Å². The molecule has 2 aromatic rings. The molecule has 31 heavy (non-hydrogen) atoms. The smallest absolute Gasteiger partial charge is 0.240 e. The molecule has 1 saturated heterocycles. The molecule has 0 aromatic heterocycles. The van der Waals surface area contributed by atoms with Crippen molar-refractivity contribution in [3.63, 3.8) is 0 Å². The van der Waals surface area contributed by atoms with Crippen molar-refractivity contribution >= 4 is 15.7 Å². The van der Waals surface area contributed by atoms with Gasteiger partial charge in [-0.1, -0.05) is 12.1 Å². The van der Waals surface area contributed by atoms with Crippen LogP contribution in [-0.4, -0.2) is 65.8 Å². The fourth-order valence-electron chi connectivity index (χ4n) is 3.90. The molecule has 168 valence electrons. The number of nitrogens with one attached hydrogen (secondary N) is 1. The van der Waals surface area contributed by atoms with Gasteiger partial charge in [0.1, 0.15) is 19.0 Å². The number of para-hydroxylation sites is 1. The fourth-order valence-corrected chi connectivity index (χ4v) is 5.01. The van der Waals surface area contributed by atoms with Crippen LogP contribution in [0, 0.1) is 5.82 Å². The third kappa shape index (κ3) is 5.47. The van der Waals surface area contributed by atoms with Gasteiger partial charge in [-0.2, -0.15) is 0 Å². The van der Waals surface area contributed by atoms with Crippen molar-refractivity contribution in [2.75, 3.05) is 57.4 Å². The number of hydrogen-bond donors (Lipinski definition) is 1. The summed E-state index contributed by atoms with van der Waals surface area (Å²) in [7, 11) is -3.67. The summed E-state index contributed by atoms with van der Waals surface area (Å²) in [6.45, 7) is 6.13. The molecule has 0 radical (unpaired) electrons. The molecular weight excluding hydrogens is 421 g/mol. The number of anilines is 1. The van der Waals surface area contributed by atoms with Gasteiger partial charge in [-0.05, 0) is 49.7 Å². The number of ether oxygens (including phenoxy) is 2. The van der Waals surface area contributed by atoms with E-state index in [2.05, 4.69) is 20.6 Å². The Morgan fingerprint density at radius 2 is 1.74 bits per heavy atom. The van der Waals surface area contributed by atoms with E-state index in [0.29, 0.717) is 19.8 Å². The van der Waals surface area contributed by atoms with E-state index in [-0.39, 0.29) is 4.90 Å². The van der Waals surface area contributed by atoms with Gasteiger partial charge in [-0.25, -0.2) is 17.5 Å². The topological polar surface area (TPSA) is 71.1 Å². The Bertz CT molecular complexity index is 994. The van der Waals surface area contributed by atoms with Gasteiger partial charge in [-0.3, -0.25) is 4.90 Å². The highest BCUT2D eigenvalue weighted by Crippen LogP contribution is 2.39. The number of unbranched alkanes of at least 4 members (excludes halogenated alkanes) is 1. The maximum atomic E-state index is 13.3. The van der Waals surface area contributed by atoms with Crippen LogP contribution < -0.4 is 19.1 Å². The van der Waals surface area contributed by atoms with Crippen LogP contribution in [0.3, 0.4) is 0 Å². The maximum Gasteiger partial charge on any atom is 0.240 e. The van der Waals surface area contributed by atoms with Crippen molar-refractivity contribution in [1.29, 1.82) is 0 Å². The minimum absolute atomic E-state index is 0.0406. The Labute approximate surface area is 182 Å². The lowest BCUT2D eigenvalue weighted by molar-refractivity contribution is 0.171. The van der Waals surface area contributed by atoms with Crippen LogP contribution in [0.5, 0.6) is 11.5 Å². The predicted octanol–water partition coefficient (Wildman–Crippen LogP) is 2.48. The molecule has 0 atom stereocenters. The Morgan fingerprint density at radius 1 is 0.968 bits per heavy atom. The largest absolute Gasteiger partial charge is 0.486 e. The molecule has 2 aliphatic rings. The first-order valence-electron chi connectivity index (χ1n) is 10.6. The molecule has 4 rings (SSSR count). The average Bonchev–Trinajstić information content (AvgIpc) is 2.79. The molecule has 0 amide bonds. The monoisotopic (exact) mass is 449 g/mol. The number of benzene rings is 2. The maximum absolute atomic E-state index is 13.3. The molecule has 0 bridgehead atoms. The second kappa shape index (κ2) is 9.84. The van der Waals surface area contributed by atoms with Crippen LogP contribution in [0.2, 0.25) is 0 Å². The van der Waals surface area contributed by atoms with Gasteiger partial charge >= 0.3 is 0 Å². The number of rotatable bonds is 8. The first kappa shape index (κ1) is 21.9. The van der Waals surface area contributed by atoms with Crippen LogP contribution in [0.25, 0.3) is 0 Å². The van der Waals surface area contributed by atoms with E-state index in [4.69, 9.17) is 9.47 Å². The van der Waals surface area contributed by atoms with E-state index >= 15 is 0 Å². The molecule has 0 aliphatic carbocycles. The van der Waals surface area contributed by atoms with E-state index < -0.39 is 15.8 Å². The summed E-state index contributed by atoms with van der Waals surface area (Å²) in [5.41, 5.74) is 1.09. The summed E-state index contributed by atoms with van der Waals surface area (Å²) in [5.74, 6) is 1.09. The first-order chi connectivity index (χ1) is 15.0. The molecule has 1 fully saturated rings. The summed E-state index contributed by atoms with van der Waals surface area (Å²) in [6, 6.07) is 11.1. The summed E-state index contributed by atoms with van der Waals surface area (Å²) in [6.07, 6.45) is 1.62. The number of sulfonamides is 1. The van der Waals surface area contributed by atoms with E-state index in [1.54, 1.807) is 0 Å². The Balaban J connectivity index is 1.18. The van der Waals surface area contributed by atoms with Gasteiger partial charge < -0.3 is 14.4 Å². The summed E-state index contributed by atoms with van der Waals surface area (Å²) >= 11 is 0. The number of piperazine rings is 1. The number of halogens is 1. The lowest BCUT2D eigenvalue weighted by Gasteiger charge is -2.37. The van der Waals surface area contributed by atoms with Crippen LogP contribution in [-0.2, 0) is 10.0 Å². The second-order valence-electron chi connectivity index (χ2n) is 7.69.